The van der Waals surface area contributed by atoms with E-state index in [1.54, 1.807) is 11.3 Å². The number of thiophene rings is 1. The second-order valence-electron chi connectivity index (χ2n) is 4.37. The smallest absolute Gasteiger partial charge is 0.326 e. The average molecular weight is 321 g/mol. The predicted octanol–water partition coefficient (Wildman–Crippen LogP) is 2.65. The fourth-order valence-electron chi connectivity index (χ4n) is 1.77. The predicted molar refractivity (Wildman–Crippen MR) is 84.8 cm³/mol. The average Bonchev–Trinajstić information content (AvgIpc) is 2.99. The second kappa shape index (κ2) is 7.85. The normalized spacial score (nSPS) is 11.8. The number of hydrogen-bond donors (Lipinski definition) is 2. The first-order valence-corrected chi connectivity index (χ1v) is 8.24. The van der Waals surface area contributed by atoms with Gasteiger partial charge >= 0.3 is 5.97 Å². The van der Waals surface area contributed by atoms with E-state index in [1.807, 2.05) is 47.8 Å². The first-order valence-electron chi connectivity index (χ1n) is 6.37. The molecule has 0 aliphatic heterocycles. The van der Waals surface area contributed by atoms with Gasteiger partial charge in [0.25, 0.3) is 0 Å². The Kier molecular flexibility index (Phi) is 5.83. The van der Waals surface area contributed by atoms with Gasteiger partial charge in [-0.05, 0) is 17.0 Å². The van der Waals surface area contributed by atoms with Gasteiger partial charge in [-0.25, -0.2) is 4.79 Å². The van der Waals surface area contributed by atoms with Crippen LogP contribution in [0.3, 0.4) is 0 Å². The van der Waals surface area contributed by atoms with Crippen LogP contribution in [0.2, 0.25) is 0 Å². The summed E-state index contributed by atoms with van der Waals surface area (Å²) in [5.41, 5.74) is 0.885. The van der Waals surface area contributed by atoms with Crippen molar-refractivity contribution in [3.8, 4) is 0 Å². The Morgan fingerprint density at radius 1 is 1.19 bits per heavy atom. The molecular weight excluding hydrogens is 306 g/mol. The van der Waals surface area contributed by atoms with E-state index in [0.29, 0.717) is 0 Å². The van der Waals surface area contributed by atoms with E-state index in [2.05, 4.69) is 5.32 Å². The fourth-order valence-corrected chi connectivity index (χ4v) is 3.36. The number of carbonyl (C=O) groups is 2. The van der Waals surface area contributed by atoms with Crippen molar-refractivity contribution < 1.29 is 14.7 Å². The Hall–Kier alpha value is -1.79. The van der Waals surface area contributed by atoms with Crippen LogP contribution in [0.4, 0.5) is 0 Å². The molecule has 4 nitrogen and oxygen atoms in total. The minimum Gasteiger partial charge on any atom is -0.480 e. The summed E-state index contributed by atoms with van der Waals surface area (Å²) in [6.07, 6.45) is 0.283. The maximum Gasteiger partial charge on any atom is 0.326 e. The van der Waals surface area contributed by atoms with Gasteiger partial charge in [-0.2, -0.15) is 0 Å². The van der Waals surface area contributed by atoms with Crippen LogP contribution in [0.15, 0.2) is 52.1 Å². The molecule has 2 aromatic rings. The Balaban J connectivity index is 1.87. The van der Waals surface area contributed by atoms with E-state index in [0.717, 1.165) is 9.77 Å². The second-order valence-corrected chi connectivity index (χ2v) is 6.59. The van der Waals surface area contributed by atoms with Gasteiger partial charge in [0.2, 0.25) is 5.91 Å². The molecule has 0 spiro atoms. The topological polar surface area (TPSA) is 66.4 Å². The maximum atomic E-state index is 11.9. The lowest BCUT2D eigenvalue weighted by atomic mass is 10.1. The Bertz CT molecular complexity index is 584. The molecule has 1 aromatic heterocycles. The molecule has 6 heteroatoms. The summed E-state index contributed by atoms with van der Waals surface area (Å²) in [5, 5.41) is 13.7. The molecule has 1 atom stereocenters. The zero-order valence-electron chi connectivity index (χ0n) is 11.2. The van der Waals surface area contributed by atoms with Crippen LogP contribution < -0.4 is 5.32 Å². The molecule has 1 aromatic carbocycles. The van der Waals surface area contributed by atoms with Gasteiger partial charge in [0, 0.05) is 6.42 Å². The summed E-state index contributed by atoms with van der Waals surface area (Å²) < 4.78 is 1.04. The monoisotopic (exact) mass is 321 g/mol. The van der Waals surface area contributed by atoms with E-state index in [1.165, 1.54) is 11.8 Å². The molecule has 0 aliphatic carbocycles. The lowest BCUT2D eigenvalue weighted by Crippen LogP contribution is -2.43. The number of thioether (sulfide) groups is 1. The van der Waals surface area contributed by atoms with Crippen molar-refractivity contribution in [2.24, 2.45) is 0 Å². The van der Waals surface area contributed by atoms with Gasteiger partial charge in [-0.15, -0.1) is 23.1 Å². The Morgan fingerprint density at radius 2 is 1.95 bits per heavy atom. The molecular formula is C15H15NO3S2. The molecule has 0 saturated heterocycles. The molecule has 1 heterocycles. The van der Waals surface area contributed by atoms with Crippen molar-refractivity contribution in [1.82, 2.24) is 5.32 Å². The number of hydrogen-bond acceptors (Lipinski definition) is 4. The first-order chi connectivity index (χ1) is 10.1. The summed E-state index contributed by atoms with van der Waals surface area (Å²) in [7, 11) is 0. The third kappa shape index (κ3) is 5.24. The van der Waals surface area contributed by atoms with E-state index in [9.17, 15) is 14.7 Å². The van der Waals surface area contributed by atoms with Crippen molar-refractivity contribution in [1.29, 1.82) is 0 Å². The lowest BCUT2D eigenvalue weighted by molar-refractivity contribution is -0.141. The standard InChI is InChI=1S/C15H15NO3S2/c17-13(10-21-14-7-4-8-20-14)16-12(15(18)19)9-11-5-2-1-3-6-11/h1-8,12H,9-10H2,(H,16,17)(H,18,19). The largest absolute Gasteiger partial charge is 0.480 e. The molecule has 21 heavy (non-hydrogen) atoms. The van der Waals surface area contributed by atoms with E-state index >= 15 is 0 Å². The van der Waals surface area contributed by atoms with Crippen molar-refractivity contribution in [3.05, 3.63) is 53.4 Å². The Labute approximate surface area is 131 Å². The van der Waals surface area contributed by atoms with Crippen molar-refractivity contribution in [3.63, 3.8) is 0 Å². The maximum absolute atomic E-state index is 11.9. The van der Waals surface area contributed by atoms with Crippen LogP contribution in [0.1, 0.15) is 5.56 Å². The molecule has 0 saturated carbocycles. The zero-order valence-corrected chi connectivity index (χ0v) is 12.8. The van der Waals surface area contributed by atoms with Crippen LogP contribution in [0, 0.1) is 0 Å². The highest BCUT2D eigenvalue weighted by atomic mass is 32.2. The van der Waals surface area contributed by atoms with Crippen molar-refractivity contribution in [2.75, 3.05) is 5.75 Å². The number of nitrogens with one attached hydrogen (secondary N) is 1. The number of rotatable bonds is 7. The number of carbonyl (C=O) groups excluding carboxylic acids is 1. The van der Waals surface area contributed by atoms with Gasteiger partial charge in [0.05, 0.1) is 9.96 Å². The number of benzene rings is 1. The van der Waals surface area contributed by atoms with E-state index in [-0.39, 0.29) is 18.1 Å². The van der Waals surface area contributed by atoms with Crippen LogP contribution in [-0.2, 0) is 16.0 Å². The van der Waals surface area contributed by atoms with Crippen LogP contribution in [-0.4, -0.2) is 28.8 Å². The minimum absolute atomic E-state index is 0.221. The van der Waals surface area contributed by atoms with E-state index < -0.39 is 12.0 Å². The summed E-state index contributed by atoms with van der Waals surface area (Å²) in [6, 6.07) is 12.2. The van der Waals surface area contributed by atoms with Crippen molar-refractivity contribution in [2.45, 2.75) is 16.7 Å². The molecule has 1 unspecified atom stereocenters. The van der Waals surface area contributed by atoms with Gasteiger partial charge in [-0.1, -0.05) is 36.4 Å². The zero-order chi connectivity index (χ0) is 15.1. The number of carboxylic acid groups (broad SMARTS) is 1. The molecule has 0 fully saturated rings. The van der Waals surface area contributed by atoms with Crippen LogP contribution in [0.5, 0.6) is 0 Å². The summed E-state index contributed by atoms with van der Waals surface area (Å²) >= 11 is 2.97. The minimum atomic E-state index is -1.02. The van der Waals surface area contributed by atoms with Crippen LogP contribution in [0.25, 0.3) is 0 Å². The molecule has 2 rings (SSSR count). The van der Waals surface area contributed by atoms with Gasteiger partial charge < -0.3 is 10.4 Å². The lowest BCUT2D eigenvalue weighted by Gasteiger charge is -2.14. The molecule has 110 valence electrons. The van der Waals surface area contributed by atoms with Crippen LogP contribution >= 0.6 is 23.1 Å². The summed E-state index contributed by atoms with van der Waals surface area (Å²) in [4.78, 5) is 23.1. The highest BCUT2D eigenvalue weighted by molar-refractivity contribution is 8.01. The number of aliphatic carboxylic acids is 1. The fraction of sp³-hybridized carbons (Fsp3) is 0.200. The molecule has 0 aliphatic rings. The molecule has 1 amide bonds. The summed E-state index contributed by atoms with van der Waals surface area (Å²) in [6.45, 7) is 0. The molecule has 0 radical (unpaired) electrons. The third-order valence-corrected chi connectivity index (χ3v) is 4.89. The molecule has 2 N–H and O–H groups in total. The SMILES string of the molecule is O=C(CSc1cccs1)NC(Cc1ccccc1)C(=O)O. The number of amides is 1. The van der Waals surface area contributed by atoms with Crippen molar-refractivity contribution >= 4 is 35.0 Å². The van der Waals surface area contributed by atoms with E-state index in [4.69, 9.17) is 0 Å². The van der Waals surface area contributed by atoms with Gasteiger partial charge in [0.1, 0.15) is 6.04 Å². The quantitative estimate of drug-likeness (QED) is 0.770. The van der Waals surface area contributed by atoms with Gasteiger partial charge in [0.15, 0.2) is 0 Å². The number of carboxylic acids is 1. The summed E-state index contributed by atoms with van der Waals surface area (Å²) in [5.74, 6) is -1.07. The van der Waals surface area contributed by atoms with Gasteiger partial charge in [-0.3, -0.25) is 4.79 Å². The third-order valence-electron chi connectivity index (χ3n) is 2.76. The molecule has 0 bridgehead atoms. The highest BCUT2D eigenvalue weighted by Gasteiger charge is 2.20. The highest BCUT2D eigenvalue weighted by Crippen LogP contribution is 2.22. The Morgan fingerprint density at radius 3 is 2.57 bits per heavy atom. The first kappa shape index (κ1) is 15.6.